The monoisotopic (exact) mass is 362 g/mol. The van der Waals surface area contributed by atoms with Crippen molar-refractivity contribution in [2.45, 2.75) is 13.8 Å². The van der Waals surface area contributed by atoms with Gasteiger partial charge in [0.2, 0.25) is 5.91 Å². The van der Waals surface area contributed by atoms with Crippen molar-refractivity contribution in [3.05, 3.63) is 47.0 Å². The largest absolute Gasteiger partial charge is 0.495 e. The molecule has 0 heterocycles. The van der Waals surface area contributed by atoms with Crippen LogP contribution in [0.25, 0.3) is 0 Å². The summed E-state index contributed by atoms with van der Waals surface area (Å²) >= 11 is 6.09. The quantitative estimate of drug-likeness (QED) is 0.804. The smallest absolute Gasteiger partial charge is 0.243 e. The number of nitrogens with one attached hydrogen (secondary N) is 1. The number of hydrogen-bond donors (Lipinski definition) is 1. The Kier molecular flexibility index (Phi) is 6.53. The predicted octanol–water partition coefficient (Wildman–Crippen LogP) is 4.13. The molecule has 0 aromatic heterocycles. The van der Waals surface area contributed by atoms with E-state index >= 15 is 0 Å². The minimum Gasteiger partial charge on any atom is -0.495 e. The average molecular weight is 363 g/mol. The number of nitrogens with zero attached hydrogens (tertiary/aromatic N) is 1. The second kappa shape index (κ2) is 8.62. The number of likely N-dealkylation sites (N-methyl/N-ethyl adjacent to an activating group) is 1. The Balaban J connectivity index is 2.16. The third-order valence-corrected chi connectivity index (χ3v) is 4.13. The first kappa shape index (κ1) is 18.9. The Morgan fingerprint density at radius 1 is 1.16 bits per heavy atom. The van der Waals surface area contributed by atoms with E-state index in [1.54, 1.807) is 12.1 Å². The summed E-state index contributed by atoms with van der Waals surface area (Å²) in [6, 6.07) is 11.3. The first-order valence-electron chi connectivity index (χ1n) is 8.01. The molecule has 0 aliphatic heterocycles. The van der Waals surface area contributed by atoms with Crippen LogP contribution in [0.3, 0.4) is 0 Å². The maximum atomic E-state index is 12.5. The minimum absolute atomic E-state index is 0.147. The van der Waals surface area contributed by atoms with Crippen LogP contribution in [0.15, 0.2) is 36.4 Å². The van der Waals surface area contributed by atoms with E-state index in [2.05, 4.69) is 11.4 Å². The van der Waals surface area contributed by atoms with Crippen molar-refractivity contribution >= 4 is 28.9 Å². The molecule has 2 aromatic carbocycles. The molecule has 1 N–H and O–H groups in total. The molecule has 134 valence electrons. The molecule has 2 rings (SSSR count). The number of halogens is 1. The topological polar surface area (TPSA) is 50.8 Å². The van der Waals surface area contributed by atoms with Gasteiger partial charge in [-0.05, 0) is 31.5 Å². The Morgan fingerprint density at radius 3 is 2.48 bits per heavy atom. The standard InChI is InChI=1S/C19H23ClN2O3/c1-5-22(14-8-6-7-13(2)9-14)12-19(23)21-16-11-17(24-3)15(20)10-18(16)25-4/h6-11H,5,12H2,1-4H3,(H,21,23). The van der Waals surface area contributed by atoms with Gasteiger partial charge < -0.3 is 19.7 Å². The molecule has 25 heavy (non-hydrogen) atoms. The summed E-state index contributed by atoms with van der Waals surface area (Å²) < 4.78 is 10.5. The van der Waals surface area contributed by atoms with Gasteiger partial charge in [-0.2, -0.15) is 0 Å². The molecule has 0 saturated heterocycles. The fourth-order valence-corrected chi connectivity index (χ4v) is 2.76. The lowest BCUT2D eigenvalue weighted by Crippen LogP contribution is -2.33. The molecule has 0 fully saturated rings. The van der Waals surface area contributed by atoms with Crippen LogP contribution in [-0.2, 0) is 4.79 Å². The van der Waals surface area contributed by atoms with E-state index < -0.39 is 0 Å². The van der Waals surface area contributed by atoms with Gasteiger partial charge >= 0.3 is 0 Å². The number of amides is 1. The van der Waals surface area contributed by atoms with Crippen LogP contribution < -0.4 is 19.7 Å². The molecule has 5 nitrogen and oxygen atoms in total. The van der Waals surface area contributed by atoms with Gasteiger partial charge in [0, 0.05) is 24.4 Å². The predicted molar refractivity (Wildman–Crippen MR) is 102 cm³/mol. The van der Waals surface area contributed by atoms with Gasteiger partial charge in [0.15, 0.2) is 0 Å². The zero-order chi connectivity index (χ0) is 18.4. The minimum atomic E-state index is -0.147. The molecule has 0 bridgehead atoms. The van der Waals surface area contributed by atoms with Crippen molar-refractivity contribution in [2.24, 2.45) is 0 Å². The third kappa shape index (κ3) is 4.79. The second-order valence-corrected chi connectivity index (χ2v) is 6.00. The fraction of sp³-hybridized carbons (Fsp3) is 0.316. The van der Waals surface area contributed by atoms with Crippen molar-refractivity contribution in [1.82, 2.24) is 0 Å². The summed E-state index contributed by atoms with van der Waals surface area (Å²) in [5.41, 5.74) is 2.69. The lowest BCUT2D eigenvalue weighted by molar-refractivity contribution is -0.115. The third-order valence-electron chi connectivity index (χ3n) is 3.83. The average Bonchev–Trinajstić information content (AvgIpc) is 2.60. The molecule has 0 atom stereocenters. The number of carbonyl (C=O) groups is 1. The lowest BCUT2D eigenvalue weighted by atomic mass is 10.2. The second-order valence-electron chi connectivity index (χ2n) is 5.59. The van der Waals surface area contributed by atoms with Crippen LogP contribution in [-0.4, -0.2) is 33.2 Å². The van der Waals surface area contributed by atoms with Gasteiger partial charge in [-0.25, -0.2) is 0 Å². The van der Waals surface area contributed by atoms with E-state index in [1.165, 1.54) is 14.2 Å². The first-order chi connectivity index (χ1) is 12.0. The van der Waals surface area contributed by atoms with E-state index in [9.17, 15) is 4.79 Å². The van der Waals surface area contributed by atoms with Crippen molar-refractivity contribution < 1.29 is 14.3 Å². The van der Waals surface area contributed by atoms with Gasteiger partial charge in [0.05, 0.1) is 31.5 Å². The van der Waals surface area contributed by atoms with Crippen molar-refractivity contribution in [3.63, 3.8) is 0 Å². The van der Waals surface area contributed by atoms with E-state index in [4.69, 9.17) is 21.1 Å². The maximum Gasteiger partial charge on any atom is 0.243 e. The molecule has 0 aliphatic carbocycles. The van der Waals surface area contributed by atoms with Crippen LogP contribution in [0.2, 0.25) is 5.02 Å². The van der Waals surface area contributed by atoms with Gasteiger partial charge in [-0.15, -0.1) is 0 Å². The number of benzene rings is 2. The van der Waals surface area contributed by atoms with Gasteiger partial charge in [0.1, 0.15) is 11.5 Å². The molecule has 0 unspecified atom stereocenters. The van der Waals surface area contributed by atoms with Crippen molar-refractivity contribution in [2.75, 3.05) is 37.5 Å². The highest BCUT2D eigenvalue weighted by molar-refractivity contribution is 6.32. The Morgan fingerprint density at radius 2 is 1.88 bits per heavy atom. The molecule has 2 aromatic rings. The summed E-state index contributed by atoms with van der Waals surface area (Å²) in [4.78, 5) is 14.5. The maximum absolute atomic E-state index is 12.5. The summed E-state index contributed by atoms with van der Waals surface area (Å²) in [6.07, 6.45) is 0. The normalized spacial score (nSPS) is 10.3. The van der Waals surface area contributed by atoms with Gasteiger partial charge in [-0.1, -0.05) is 23.7 Å². The van der Waals surface area contributed by atoms with Crippen LogP contribution in [0.1, 0.15) is 12.5 Å². The fourth-order valence-electron chi connectivity index (χ4n) is 2.53. The summed E-state index contributed by atoms with van der Waals surface area (Å²) in [7, 11) is 3.05. The summed E-state index contributed by atoms with van der Waals surface area (Å²) in [5.74, 6) is 0.813. The van der Waals surface area contributed by atoms with E-state index in [1.807, 2.05) is 36.9 Å². The SMILES string of the molecule is CCN(CC(=O)Nc1cc(OC)c(Cl)cc1OC)c1cccc(C)c1. The van der Waals surface area contributed by atoms with Crippen LogP contribution >= 0.6 is 11.6 Å². The van der Waals surface area contributed by atoms with E-state index in [0.717, 1.165) is 17.8 Å². The number of anilines is 2. The van der Waals surface area contributed by atoms with Gasteiger partial charge in [0.25, 0.3) is 0 Å². The molecular formula is C19H23ClN2O3. The molecule has 6 heteroatoms. The highest BCUT2D eigenvalue weighted by Crippen LogP contribution is 2.35. The van der Waals surface area contributed by atoms with Crippen LogP contribution in [0.4, 0.5) is 11.4 Å². The van der Waals surface area contributed by atoms with Crippen molar-refractivity contribution in [1.29, 1.82) is 0 Å². The number of hydrogen-bond acceptors (Lipinski definition) is 4. The Labute approximate surface area is 153 Å². The van der Waals surface area contributed by atoms with E-state index in [0.29, 0.717) is 22.2 Å². The number of methoxy groups -OCH3 is 2. The number of carbonyl (C=O) groups excluding carboxylic acids is 1. The highest BCUT2D eigenvalue weighted by Gasteiger charge is 2.15. The first-order valence-corrected chi connectivity index (χ1v) is 8.39. The summed E-state index contributed by atoms with van der Waals surface area (Å²) in [5, 5.41) is 3.29. The van der Waals surface area contributed by atoms with Crippen LogP contribution in [0.5, 0.6) is 11.5 Å². The molecule has 0 spiro atoms. The van der Waals surface area contributed by atoms with E-state index in [-0.39, 0.29) is 12.5 Å². The lowest BCUT2D eigenvalue weighted by Gasteiger charge is -2.23. The molecule has 0 saturated carbocycles. The Bertz CT molecular complexity index is 749. The molecular weight excluding hydrogens is 340 g/mol. The highest BCUT2D eigenvalue weighted by atomic mass is 35.5. The Hall–Kier alpha value is -2.40. The zero-order valence-electron chi connectivity index (χ0n) is 14.9. The molecule has 0 radical (unpaired) electrons. The molecule has 0 aliphatic rings. The van der Waals surface area contributed by atoms with Crippen LogP contribution in [0, 0.1) is 6.92 Å². The number of ether oxygens (including phenoxy) is 2. The number of aryl methyl sites for hydroxylation is 1. The number of rotatable bonds is 7. The zero-order valence-corrected chi connectivity index (χ0v) is 15.7. The summed E-state index contributed by atoms with van der Waals surface area (Å²) in [6.45, 7) is 5.00. The van der Waals surface area contributed by atoms with Crippen molar-refractivity contribution in [3.8, 4) is 11.5 Å². The van der Waals surface area contributed by atoms with Gasteiger partial charge in [-0.3, -0.25) is 4.79 Å². The molecule has 1 amide bonds.